The average Bonchev–Trinajstić information content (AvgIpc) is 3.13. The first-order valence-electron chi connectivity index (χ1n) is 8.22. The fourth-order valence-corrected chi connectivity index (χ4v) is 4.61. The molecule has 1 aliphatic heterocycles. The Morgan fingerprint density at radius 2 is 1.00 bits per heavy atom. The lowest BCUT2D eigenvalue weighted by molar-refractivity contribution is 1.35. The van der Waals surface area contributed by atoms with Crippen LogP contribution in [0.4, 0.5) is 0 Å². The van der Waals surface area contributed by atoms with Crippen LogP contribution < -0.4 is 0 Å². The fourth-order valence-electron chi connectivity index (χ4n) is 2.55. The van der Waals surface area contributed by atoms with Crippen LogP contribution in [0.5, 0.6) is 0 Å². The lowest BCUT2D eigenvalue weighted by Crippen LogP contribution is -1.82. The lowest BCUT2D eigenvalue weighted by atomic mass is 10.1. The Balaban J connectivity index is 0.000000159. The highest BCUT2D eigenvalue weighted by molar-refractivity contribution is 7.98. The van der Waals surface area contributed by atoms with Crippen molar-refractivity contribution >= 4 is 23.5 Å². The van der Waals surface area contributed by atoms with Crippen LogP contribution in [0, 0.1) is 0 Å². The van der Waals surface area contributed by atoms with E-state index in [1.807, 2.05) is 23.5 Å². The molecular formula is C22H22S2. The first-order valence-corrected chi connectivity index (χ1v) is 10.5. The van der Waals surface area contributed by atoms with E-state index >= 15 is 0 Å². The predicted octanol–water partition coefficient (Wildman–Crippen LogP) is 6.55. The maximum absolute atomic E-state index is 2.22. The van der Waals surface area contributed by atoms with E-state index in [1.54, 1.807) is 0 Å². The van der Waals surface area contributed by atoms with Crippen LogP contribution in [-0.2, 0) is 23.0 Å². The van der Waals surface area contributed by atoms with Crippen LogP contribution in [-0.4, -0.2) is 0 Å². The molecule has 3 aromatic carbocycles. The largest absolute Gasteiger partial charge is 0.152 e. The van der Waals surface area contributed by atoms with Gasteiger partial charge in [-0.05, 0) is 22.3 Å². The van der Waals surface area contributed by atoms with Crippen LogP contribution >= 0.6 is 23.5 Å². The molecule has 24 heavy (non-hydrogen) atoms. The van der Waals surface area contributed by atoms with E-state index in [4.69, 9.17) is 0 Å². The van der Waals surface area contributed by atoms with Gasteiger partial charge in [0, 0.05) is 23.0 Å². The minimum atomic E-state index is 1.09. The van der Waals surface area contributed by atoms with E-state index in [9.17, 15) is 0 Å². The molecule has 0 bridgehead atoms. The Bertz CT molecular complexity index is 661. The maximum Gasteiger partial charge on any atom is 0.0190 e. The van der Waals surface area contributed by atoms with Gasteiger partial charge in [0.1, 0.15) is 0 Å². The summed E-state index contributed by atoms with van der Waals surface area (Å²) in [5, 5.41) is 0. The first kappa shape index (κ1) is 17.2. The molecular weight excluding hydrogens is 328 g/mol. The molecule has 1 aliphatic rings. The van der Waals surface area contributed by atoms with Crippen LogP contribution in [0.15, 0.2) is 84.9 Å². The molecule has 0 spiro atoms. The second-order valence-corrected chi connectivity index (χ2v) is 7.70. The highest BCUT2D eigenvalue weighted by atomic mass is 32.2. The summed E-state index contributed by atoms with van der Waals surface area (Å²) < 4.78 is 0. The number of benzene rings is 3. The zero-order valence-corrected chi connectivity index (χ0v) is 15.4. The predicted molar refractivity (Wildman–Crippen MR) is 109 cm³/mol. The topological polar surface area (TPSA) is 0 Å². The molecule has 0 aliphatic carbocycles. The van der Waals surface area contributed by atoms with Crippen molar-refractivity contribution in [1.29, 1.82) is 0 Å². The van der Waals surface area contributed by atoms with Crippen LogP contribution in [0.3, 0.4) is 0 Å². The monoisotopic (exact) mass is 350 g/mol. The molecule has 2 heteroatoms. The Kier molecular flexibility index (Phi) is 6.88. The summed E-state index contributed by atoms with van der Waals surface area (Å²) in [4.78, 5) is 0. The van der Waals surface area contributed by atoms with Crippen molar-refractivity contribution in [1.82, 2.24) is 0 Å². The quantitative estimate of drug-likeness (QED) is 0.523. The van der Waals surface area contributed by atoms with E-state index in [-0.39, 0.29) is 0 Å². The number of rotatable bonds is 4. The SMILES string of the molecule is c1ccc(CSCc2ccccc2)cc1.c1ccc2c(c1)CSC2. The lowest BCUT2D eigenvalue weighted by Gasteiger charge is -2.01. The maximum atomic E-state index is 2.22. The molecule has 1 heterocycles. The fraction of sp³-hybridized carbons (Fsp3) is 0.182. The van der Waals surface area contributed by atoms with Gasteiger partial charge >= 0.3 is 0 Å². The molecule has 4 rings (SSSR count). The number of hydrogen-bond acceptors (Lipinski definition) is 2. The van der Waals surface area contributed by atoms with E-state index in [1.165, 1.54) is 33.8 Å². The summed E-state index contributed by atoms with van der Waals surface area (Å²) in [5.41, 5.74) is 5.86. The molecule has 3 aromatic rings. The third-order valence-corrected chi connectivity index (χ3v) is 5.96. The average molecular weight is 351 g/mol. The molecule has 0 radical (unpaired) electrons. The highest BCUT2D eigenvalue weighted by Crippen LogP contribution is 2.28. The molecule has 0 N–H and O–H groups in total. The van der Waals surface area contributed by atoms with Gasteiger partial charge in [0.15, 0.2) is 0 Å². The minimum Gasteiger partial charge on any atom is -0.152 e. The zero-order chi connectivity index (χ0) is 16.5. The van der Waals surface area contributed by atoms with Gasteiger partial charge < -0.3 is 0 Å². The molecule has 0 aromatic heterocycles. The summed E-state index contributed by atoms with van der Waals surface area (Å²) in [6.07, 6.45) is 0. The smallest absolute Gasteiger partial charge is 0.0190 e. The highest BCUT2D eigenvalue weighted by Gasteiger charge is 2.07. The van der Waals surface area contributed by atoms with Crippen molar-refractivity contribution in [2.45, 2.75) is 23.0 Å². The van der Waals surface area contributed by atoms with Gasteiger partial charge in [0.05, 0.1) is 0 Å². The minimum absolute atomic E-state index is 1.09. The van der Waals surface area contributed by atoms with Gasteiger partial charge in [-0.25, -0.2) is 0 Å². The van der Waals surface area contributed by atoms with Gasteiger partial charge in [-0.2, -0.15) is 23.5 Å². The van der Waals surface area contributed by atoms with Crippen LogP contribution in [0.1, 0.15) is 22.3 Å². The van der Waals surface area contributed by atoms with Crippen molar-refractivity contribution in [3.05, 3.63) is 107 Å². The Morgan fingerprint density at radius 1 is 0.583 bits per heavy atom. The summed E-state index contributed by atoms with van der Waals surface area (Å²) >= 11 is 3.96. The van der Waals surface area contributed by atoms with Crippen molar-refractivity contribution in [3.8, 4) is 0 Å². The van der Waals surface area contributed by atoms with Gasteiger partial charge in [-0.15, -0.1) is 0 Å². The van der Waals surface area contributed by atoms with Crippen molar-refractivity contribution < 1.29 is 0 Å². The van der Waals surface area contributed by atoms with Crippen molar-refractivity contribution in [3.63, 3.8) is 0 Å². The molecule has 0 unspecified atom stereocenters. The van der Waals surface area contributed by atoms with Crippen molar-refractivity contribution in [2.24, 2.45) is 0 Å². The zero-order valence-electron chi connectivity index (χ0n) is 13.7. The normalized spacial score (nSPS) is 12.2. The molecule has 0 saturated heterocycles. The van der Waals surface area contributed by atoms with E-state index in [2.05, 4.69) is 84.9 Å². The van der Waals surface area contributed by atoms with Gasteiger partial charge in [0.2, 0.25) is 0 Å². The molecule has 0 nitrogen and oxygen atoms in total. The van der Waals surface area contributed by atoms with Crippen molar-refractivity contribution in [2.75, 3.05) is 0 Å². The van der Waals surface area contributed by atoms with E-state index < -0.39 is 0 Å². The van der Waals surface area contributed by atoms with Crippen LogP contribution in [0.25, 0.3) is 0 Å². The third kappa shape index (κ3) is 5.47. The summed E-state index contributed by atoms with van der Waals surface area (Å²) in [5.74, 6) is 4.62. The number of thioether (sulfide) groups is 2. The van der Waals surface area contributed by atoms with E-state index in [0.29, 0.717) is 0 Å². The van der Waals surface area contributed by atoms with Gasteiger partial charge in [-0.1, -0.05) is 84.9 Å². The number of hydrogen-bond donors (Lipinski definition) is 0. The first-order chi connectivity index (χ1) is 11.9. The third-order valence-electron chi connectivity index (χ3n) is 3.86. The summed E-state index contributed by atoms with van der Waals surface area (Å²) in [7, 11) is 0. The summed E-state index contributed by atoms with van der Waals surface area (Å²) in [6.45, 7) is 0. The molecule has 0 atom stereocenters. The second-order valence-electron chi connectivity index (χ2n) is 5.73. The van der Waals surface area contributed by atoms with Crippen LogP contribution in [0.2, 0.25) is 0 Å². The van der Waals surface area contributed by atoms with Gasteiger partial charge in [0.25, 0.3) is 0 Å². The Labute approximate surface area is 153 Å². The molecule has 122 valence electrons. The molecule has 0 amide bonds. The Hall–Kier alpha value is -1.64. The van der Waals surface area contributed by atoms with Gasteiger partial charge in [-0.3, -0.25) is 0 Å². The molecule has 0 saturated carbocycles. The standard InChI is InChI=1S/C14H14S.C8H8S/c1-3-7-13(8-4-1)11-15-12-14-9-5-2-6-10-14;1-2-4-8-6-9-5-7(8)3-1/h1-10H,11-12H2;1-4H,5-6H2. The number of fused-ring (bicyclic) bond motifs is 1. The second kappa shape index (κ2) is 9.61. The summed E-state index contributed by atoms with van der Waals surface area (Å²) in [6, 6.07) is 29.9. The van der Waals surface area contributed by atoms with E-state index in [0.717, 1.165) is 11.5 Å². The Morgan fingerprint density at radius 3 is 1.46 bits per heavy atom. The molecule has 0 fully saturated rings.